The van der Waals surface area contributed by atoms with Crippen molar-refractivity contribution >= 4 is 27.5 Å². The lowest BCUT2D eigenvalue weighted by Crippen LogP contribution is -2.35. The number of amides is 1. The zero-order valence-corrected chi connectivity index (χ0v) is 19.6. The molecule has 0 aliphatic carbocycles. The van der Waals surface area contributed by atoms with Gasteiger partial charge in [0.05, 0.1) is 18.5 Å². The molecule has 5 aromatic rings. The number of pyridine rings is 1. The van der Waals surface area contributed by atoms with Crippen LogP contribution in [0.5, 0.6) is 0 Å². The lowest BCUT2D eigenvalue weighted by Gasteiger charge is -2.21. The molecule has 1 aromatic carbocycles. The molecule has 0 radical (unpaired) electrons. The van der Waals surface area contributed by atoms with Gasteiger partial charge in [-0.25, -0.2) is 4.98 Å². The fraction of sp³-hybridized carbons (Fsp3) is 0.185. The largest absolute Gasteiger partial charge is 0.468 e. The van der Waals surface area contributed by atoms with Crippen LogP contribution < -0.4 is 5.32 Å². The summed E-state index contributed by atoms with van der Waals surface area (Å²) in [7, 11) is 0. The molecule has 0 atom stereocenters. The molecule has 0 spiro atoms. The monoisotopic (exact) mass is 470 g/mol. The molecule has 5 rings (SSSR count). The molecule has 0 aliphatic heterocycles. The van der Waals surface area contributed by atoms with E-state index in [0.717, 1.165) is 41.2 Å². The van der Waals surface area contributed by atoms with E-state index in [2.05, 4.69) is 39.5 Å². The Hall–Kier alpha value is -3.68. The van der Waals surface area contributed by atoms with E-state index < -0.39 is 0 Å². The van der Waals surface area contributed by atoms with Crippen LogP contribution in [0.4, 0.5) is 0 Å². The van der Waals surface area contributed by atoms with E-state index in [-0.39, 0.29) is 5.91 Å². The standard InChI is InChI=1S/C27H26N4O2S/c32-26(25-24(31-15-4-5-16-31)23-11-6-13-29-27(23)34-25)28-14-18-30(20-22-10-7-19-33-22)17-12-21-8-2-1-3-9-21/h1-11,13,15-16,19H,12,14,17-18,20H2,(H,28,32). The highest BCUT2D eigenvalue weighted by molar-refractivity contribution is 7.21. The first kappa shape index (κ1) is 22.1. The number of hydrogen-bond donors (Lipinski definition) is 1. The summed E-state index contributed by atoms with van der Waals surface area (Å²) >= 11 is 1.43. The van der Waals surface area contributed by atoms with Crippen molar-refractivity contribution in [2.75, 3.05) is 19.6 Å². The Bertz CT molecular complexity index is 1330. The van der Waals surface area contributed by atoms with Crippen LogP contribution in [0.3, 0.4) is 0 Å². The van der Waals surface area contributed by atoms with Crippen molar-refractivity contribution in [2.45, 2.75) is 13.0 Å². The highest BCUT2D eigenvalue weighted by Crippen LogP contribution is 2.32. The Kier molecular flexibility index (Phi) is 6.84. The van der Waals surface area contributed by atoms with Crippen LogP contribution in [0.1, 0.15) is 21.0 Å². The molecule has 0 fully saturated rings. The Labute approximate surface area is 202 Å². The minimum atomic E-state index is -0.0762. The Balaban J connectivity index is 1.27. The summed E-state index contributed by atoms with van der Waals surface area (Å²) in [6, 6.07) is 22.2. The third-order valence-electron chi connectivity index (χ3n) is 5.74. The second kappa shape index (κ2) is 10.5. The van der Waals surface area contributed by atoms with Crippen LogP contribution in [0.15, 0.2) is 96.0 Å². The minimum absolute atomic E-state index is 0.0762. The number of carbonyl (C=O) groups is 1. The summed E-state index contributed by atoms with van der Waals surface area (Å²) in [5, 5.41) is 4.11. The first-order valence-electron chi connectivity index (χ1n) is 11.4. The summed E-state index contributed by atoms with van der Waals surface area (Å²) in [6.45, 7) is 2.85. The van der Waals surface area contributed by atoms with Gasteiger partial charge >= 0.3 is 0 Å². The van der Waals surface area contributed by atoms with Crippen molar-refractivity contribution in [2.24, 2.45) is 0 Å². The summed E-state index contributed by atoms with van der Waals surface area (Å²) in [5.41, 5.74) is 2.18. The zero-order valence-electron chi connectivity index (χ0n) is 18.8. The number of benzene rings is 1. The molecule has 4 heterocycles. The summed E-state index contributed by atoms with van der Waals surface area (Å²) in [4.78, 5) is 21.5. The lowest BCUT2D eigenvalue weighted by molar-refractivity contribution is 0.0951. The molecule has 0 bridgehead atoms. The van der Waals surface area contributed by atoms with Crippen molar-refractivity contribution < 1.29 is 9.21 Å². The van der Waals surface area contributed by atoms with E-state index in [1.54, 1.807) is 12.5 Å². The van der Waals surface area contributed by atoms with Crippen molar-refractivity contribution in [3.8, 4) is 5.69 Å². The SMILES string of the molecule is O=C(NCCN(CCc1ccccc1)Cc1ccco1)c1sc2ncccc2c1-n1cccc1. The van der Waals surface area contributed by atoms with Gasteiger partial charge in [-0.3, -0.25) is 9.69 Å². The van der Waals surface area contributed by atoms with Crippen molar-refractivity contribution in [3.05, 3.63) is 108 Å². The second-order valence-electron chi connectivity index (χ2n) is 8.07. The maximum Gasteiger partial charge on any atom is 0.263 e. The first-order chi connectivity index (χ1) is 16.8. The fourth-order valence-corrected chi connectivity index (χ4v) is 5.10. The van der Waals surface area contributed by atoms with E-state index in [1.165, 1.54) is 16.9 Å². The van der Waals surface area contributed by atoms with Gasteiger partial charge in [-0.15, -0.1) is 11.3 Å². The second-order valence-corrected chi connectivity index (χ2v) is 9.07. The van der Waals surface area contributed by atoms with Gasteiger partial charge in [-0.2, -0.15) is 0 Å². The number of furan rings is 1. The molecule has 0 unspecified atom stereocenters. The van der Waals surface area contributed by atoms with Crippen LogP contribution in [-0.2, 0) is 13.0 Å². The third kappa shape index (κ3) is 5.11. The highest BCUT2D eigenvalue weighted by atomic mass is 32.1. The molecule has 1 amide bonds. The summed E-state index contributed by atoms with van der Waals surface area (Å²) < 4.78 is 7.55. The van der Waals surface area contributed by atoms with Gasteiger partial charge in [0.2, 0.25) is 0 Å². The molecule has 34 heavy (non-hydrogen) atoms. The number of nitrogens with one attached hydrogen (secondary N) is 1. The normalized spacial score (nSPS) is 11.3. The number of hydrogen-bond acceptors (Lipinski definition) is 5. The van der Waals surface area contributed by atoms with Gasteiger partial charge in [0, 0.05) is 43.6 Å². The predicted molar refractivity (Wildman–Crippen MR) is 135 cm³/mol. The van der Waals surface area contributed by atoms with Crippen LogP contribution in [0, 0.1) is 0 Å². The average molecular weight is 471 g/mol. The predicted octanol–water partition coefficient (Wildman–Crippen LogP) is 5.15. The molecule has 0 saturated carbocycles. The molecule has 1 N–H and O–H groups in total. The van der Waals surface area contributed by atoms with Crippen molar-refractivity contribution in [1.29, 1.82) is 0 Å². The molecule has 0 saturated heterocycles. The van der Waals surface area contributed by atoms with Gasteiger partial charge in [-0.1, -0.05) is 30.3 Å². The average Bonchev–Trinajstić information content (AvgIpc) is 3.63. The minimum Gasteiger partial charge on any atom is -0.468 e. The van der Waals surface area contributed by atoms with Crippen molar-refractivity contribution in [3.63, 3.8) is 0 Å². The summed E-state index contributed by atoms with van der Waals surface area (Å²) in [6.07, 6.45) is 8.32. The molecular formula is C27H26N4O2S. The molecule has 172 valence electrons. The van der Waals surface area contributed by atoms with E-state index >= 15 is 0 Å². The number of rotatable bonds is 10. The van der Waals surface area contributed by atoms with Crippen molar-refractivity contribution in [1.82, 2.24) is 19.8 Å². The maximum atomic E-state index is 13.2. The van der Waals surface area contributed by atoms with Gasteiger partial charge in [0.25, 0.3) is 5.91 Å². The molecular weight excluding hydrogens is 444 g/mol. The van der Waals surface area contributed by atoms with E-state index in [1.807, 2.05) is 59.4 Å². The zero-order chi connectivity index (χ0) is 23.2. The molecule has 7 heteroatoms. The first-order valence-corrected chi connectivity index (χ1v) is 12.2. The molecule has 0 aliphatic rings. The highest BCUT2D eigenvalue weighted by Gasteiger charge is 2.20. The topological polar surface area (TPSA) is 63.3 Å². The van der Waals surface area contributed by atoms with Crippen LogP contribution in [-0.4, -0.2) is 40.0 Å². The van der Waals surface area contributed by atoms with E-state index in [9.17, 15) is 4.79 Å². The number of nitrogens with zero attached hydrogens (tertiary/aromatic N) is 3. The van der Waals surface area contributed by atoms with E-state index in [0.29, 0.717) is 18.0 Å². The Morgan fingerprint density at radius 1 is 1.00 bits per heavy atom. The van der Waals surface area contributed by atoms with Crippen LogP contribution >= 0.6 is 11.3 Å². The van der Waals surface area contributed by atoms with Gasteiger partial charge < -0.3 is 14.3 Å². The van der Waals surface area contributed by atoms with Gasteiger partial charge in [0.1, 0.15) is 15.5 Å². The fourth-order valence-electron chi connectivity index (χ4n) is 4.05. The Morgan fingerprint density at radius 3 is 2.65 bits per heavy atom. The lowest BCUT2D eigenvalue weighted by atomic mass is 10.1. The maximum absolute atomic E-state index is 13.2. The number of aromatic nitrogens is 2. The molecule has 4 aromatic heterocycles. The van der Waals surface area contributed by atoms with Gasteiger partial charge in [-0.05, 0) is 48.4 Å². The quantitative estimate of drug-likeness (QED) is 0.306. The Morgan fingerprint density at radius 2 is 1.85 bits per heavy atom. The van der Waals surface area contributed by atoms with Crippen LogP contribution in [0.25, 0.3) is 15.9 Å². The number of carbonyl (C=O) groups excluding carboxylic acids is 1. The molecule has 6 nitrogen and oxygen atoms in total. The summed E-state index contributed by atoms with van der Waals surface area (Å²) in [5.74, 6) is 0.845. The number of fused-ring (bicyclic) bond motifs is 1. The third-order valence-corrected chi connectivity index (χ3v) is 6.84. The smallest absolute Gasteiger partial charge is 0.263 e. The van der Waals surface area contributed by atoms with E-state index in [4.69, 9.17) is 4.42 Å². The number of thiophene rings is 1. The van der Waals surface area contributed by atoms with Crippen LogP contribution in [0.2, 0.25) is 0 Å². The van der Waals surface area contributed by atoms with Gasteiger partial charge in [0.15, 0.2) is 0 Å².